The van der Waals surface area contributed by atoms with Crippen LogP contribution in [0.4, 0.5) is 0 Å². The second-order valence-corrected chi connectivity index (χ2v) is 16.9. The fraction of sp³-hybridized carbons (Fsp3) is 0.650. The Morgan fingerprint density at radius 3 is 1.00 bits per heavy atom. The zero-order valence-corrected chi connectivity index (χ0v) is 30.9. The summed E-state index contributed by atoms with van der Waals surface area (Å²) in [5.41, 5.74) is 4.95. The molecule has 0 spiro atoms. The minimum Gasteiger partial charge on any atom is -0.507 e. The second kappa shape index (κ2) is 15.7. The summed E-state index contributed by atoms with van der Waals surface area (Å²) in [4.78, 5) is 24.7. The fourth-order valence-electron chi connectivity index (χ4n) is 5.57. The summed E-state index contributed by atoms with van der Waals surface area (Å²) < 4.78 is 11.0. The number of unbranched alkanes of at least 4 members (excludes halogenated alkanes) is 3. The van der Waals surface area contributed by atoms with Crippen molar-refractivity contribution in [3.8, 4) is 11.5 Å². The number of phenols is 2. The number of ether oxygens (including phenoxy) is 2. The van der Waals surface area contributed by atoms with Gasteiger partial charge in [-0.2, -0.15) is 0 Å². The quantitative estimate of drug-likeness (QED) is 0.168. The van der Waals surface area contributed by atoms with Crippen molar-refractivity contribution >= 4 is 11.9 Å². The maximum absolute atomic E-state index is 12.3. The van der Waals surface area contributed by atoms with Crippen LogP contribution in [-0.4, -0.2) is 35.4 Å². The standard InChI is InChI=1S/C40H62O6/c1-37(2,3)29-23-27(24-30(35(29)43)38(4,5)6)19-21-45-33(41)17-15-13-14-16-18-34(42)46-22-20-28-25-31(39(7,8)9)36(44)32(26-28)40(10,11)12/h23-26,43-44H,13-22H2,1-12H3. The molecule has 2 aromatic carbocycles. The maximum atomic E-state index is 12.3. The summed E-state index contributed by atoms with van der Waals surface area (Å²) in [5.74, 6) is 0.299. The highest BCUT2D eigenvalue weighted by Gasteiger charge is 2.28. The van der Waals surface area contributed by atoms with Gasteiger partial charge < -0.3 is 19.7 Å². The summed E-state index contributed by atoms with van der Waals surface area (Å²) in [6.07, 6.45) is 5.07. The molecular formula is C40H62O6. The van der Waals surface area contributed by atoms with E-state index in [0.29, 0.717) is 50.4 Å². The molecule has 0 saturated heterocycles. The van der Waals surface area contributed by atoms with Gasteiger partial charge in [0.2, 0.25) is 0 Å². The SMILES string of the molecule is CC(C)(C)c1cc(CCOC(=O)CCCCCCC(=O)OCCc2cc(C(C)(C)C)c(O)c(C(C)(C)C)c2)cc(C(C)(C)C)c1O. The number of carbonyl (C=O) groups is 2. The molecule has 2 N–H and O–H groups in total. The number of phenolic OH excluding ortho intramolecular Hbond substituents is 2. The van der Waals surface area contributed by atoms with Crippen molar-refractivity contribution in [2.45, 2.75) is 156 Å². The molecule has 0 saturated carbocycles. The zero-order valence-electron chi connectivity index (χ0n) is 30.9. The molecule has 2 rings (SSSR count). The number of benzene rings is 2. The third-order valence-electron chi connectivity index (χ3n) is 8.39. The molecule has 2 aromatic rings. The van der Waals surface area contributed by atoms with Crippen molar-refractivity contribution in [2.24, 2.45) is 0 Å². The van der Waals surface area contributed by atoms with Crippen molar-refractivity contribution in [2.75, 3.05) is 13.2 Å². The van der Waals surface area contributed by atoms with Gasteiger partial charge >= 0.3 is 11.9 Å². The molecule has 0 unspecified atom stereocenters. The van der Waals surface area contributed by atoms with Crippen LogP contribution in [0, 0.1) is 0 Å². The topological polar surface area (TPSA) is 93.1 Å². The number of carbonyl (C=O) groups excluding carboxylic acids is 2. The van der Waals surface area contributed by atoms with E-state index in [1.54, 1.807) is 0 Å². The molecule has 6 nitrogen and oxygen atoms in total. The van der Waals surface area contributed by atoms with Gasteiger partial charge in [0.1, 0.15) is 11.5 Å². The normalized spacial score (nSPS) is 12.7. The van der Waals surface area contributed by atoms with Crippen molar-refractivity contribution in [1.29, 1.82) is 0 Å². The Morgan fingerprint density at radius 2 is 0.761 bits per heavy atom. The molecular weight excluding hydrogens is 576 g/mol. The van der Waals surface area contributed by atoms with Gasteiger partial charge in [-0.3, -0.25) is 9.59 Å². The number of rotatable bonds is 13. The Hall–Kier alpha value is -3.02. The van der Waals surface area contributed by atoms with E-state index < -0.39 is 0 Å². The predicted molar refractivity (Wildman–Crippen MR) is 188 cm³/mol. The van der Waals surface area contributed by atoms with Gasteiger partial charge in [-0.05, 0) is 67.9 Å². The summed E-state index contributed by atoms with van der Waals surface area (Å²) >= 11 is 0. The van der Waals surface area contributed by atoms with Crippen LogP contribution in [0.5, 0.6) is 11.5 Å². The van der Waals surface area contributed by atoms with Crippen LogP contribution in [0.3, 0.4) is 0 Å². The highest BCUT2D eigenvalue weighted by molar-refractivity contribution is 5.69. The van der Waals surface area contributed by atoms with Crippen LogP contribution in [0.1, 0.15) is 155 Å². The Balaban J connectivity index is 1.72. The van der Waals surface area contributed by atoms with Crippen molar-refractivity contribution in [3.63, 3.8) is 0 Å². The lowest BCUT2D eigenvalue weighted by molar-refractivity contribution is -0.144. The Bertz CT molecular complexity index is 1150. The summed E-state index contributed by atoms with van der Waals surface area (Å²) in [7, 11) is 0. The monoisotopic (exact) mass is 638 g/mol. The first-order valence-corrected chi connectivity index (χ1v) is 17.1. The summed E-state index contributed by atoms with van der Waals surface area (Å²) in [6.45, 7) is 25.7. The fourth-order valence-corrected chi connectivity index (χ4v) is 5.57. The molecule has 0 atom stereocenters. The second-order valence-electron chi connectivity index (χ2n) is 16.9. The first kappa shape index (κ1) is 39.2. The molecule has 0 heterocycles. The maximum Gasteiger partial charge on any atom is 0.305 e. The van der Waals surface area contributed by atoms with E-state index in [1.807, 2.05) is 24.3 Å². The van der Waals surface area contributed by atoms with E-state index in [9.17, 15) is 19.8 Å². The van der Waals surface area contributed by atoms with E-state index >= 15 is 0 Å². The molecule has 0 aliphatic rings. The van der Waals surface area contributed by atoms with Gasteiger partial charge in [-0.25, -0.2) is 0 Å². The predicted octanol–water partition coefficient (Wildman–Crippen LogP) is 9.50. The zero-order chi connectivity index (χ0) is 35.1. The number of hydrogen-bond donors (Lipinski definition) is 2. The van der Waals surface area contributed by atoms with E-state index in [0.717, 1.165) is 59.1 Å². The Morgan fingerprint density at radius 1 is 0.500 bits per heavy atom. The van der Waals surface area contributed by atoms with Crippen molar-refractivity contribution in [3.05, 3.63) is 57.6 Å². The van der Waals surface area contributed by atoms with Crippen LogP contribution in [0.2, 0.25) is 0 Å². The lowest BCUT2D eigenvalue weighted by Gasteiger charge is -2.28. The average Bonchev–Trinajstić information content (AvgIpc) is 2.89. The molecule has 0 aromatic heterocycles. The molecule has 0 fully saturated rings. The smallest absolute Gasteiger partial charge is 0.305 e. The van der Waals surface area contributed by atoms with E-state index in [-0.39, 0.29) is 33.6 Å². The van der Waals surface area contributed by atoms with Crippen LogP contribution < -0.4 is 0 Å². The first-order chi connectivity index (χ1) is 21.0. The minimum absolute atomic E-state index is 0.200. The molecule has 0 aliphatic heterocycles. The van der Waals surface area contributed by atoms with Gasteiger partial charge in [0, 0.05) is 25.7 Å². The largest absolute Gasteiger partial charge is 0.507 e. The molecule has 6 heteroatoms. The number of hydrogen-bond acceptors (Lipinski definition) is 6. The lowest BCUT2D eigenvalue weighted by atomic mass is 9.78. The van der Waals surface area contributed by atoms with Gasteiger partial charge in [0.25, 0.3) is 0 Å². The van der Waals surface area contributed by atoms with Gasteiger partial charge in [0.05, 0.1) is 13.2 Å². The molecule has 0 amide bonds. The van der Waals surface area contributed by atoms with Crippen molar-refractivity contribution < 1.29 is 29.3 Å². The number of aromatic hydroxyl groups is 2. The van der Waals surface area contributed by atoms with Crippen LogP contribution in [0.15, 0.2) is 24.3 Å². The van der Waals surface area contributed by atoms with E-state index in [1.165, 1.54) is 0 Å². The number of esters is 2. The highest BCUT2D eigenvalue weighted by Crippen LogP contribution is 2.41. The lowest BCUT2D eigenvalue weighted by Crippen LogP contribution is -2.18. The molecule has 0 radical (unpaired) electrons. The van der Waals surface area contributed by atoms with E-state index in [4.69, 9.17) is 9.47 Å². The van der Waals surface area contributed by atoms with Crippen molar-refractivity contribution in [1.82, 2.24) is 0 Å². The molecule has 0 bridgehead atoms. The Kier molecular flexibility index (Phi) is 13.4. The average molecular weight is 639 g/mol. The van der Waals surface area contributed by atoms with Gasteiger partial charge in [0.15, 0.2) is 0 Å². The van der Waals surface area contributed by atoms with Crippen LogP contribution in [-0.2, 0) is 53.6 Å². The minimum atomic E-state index is -0.205. The summed E-state index contributed by atoms with van der Waals surface area (Å²) in [6, 6.07) is 8.12. The third kappa shape index (κ3) is 12.0. The highest BCUT2D eigenvalue weighted by atomic mass is 16.5. The van der Waals surface area contributed by atoms with Crippen LogP contribution in [0.25, 0.3) is 0 Å². The van der Waals surface area contributed by atoms with Gasteiger partial charge in [-0.15, -0.1) is 0 Å². The van der Waals surface area contributed by atoms with Crippen LogP contribution >= 0.6 is 0 Å². The third-order valence-corrected chi connectivity index (χ3v) is 8.39. The first-order valence-electron chi connectivity index (χ1n) is 17.1. The molecule has 46 heavy (non-hydrogen) atoms. The molecule has 0 aliphatic carbocycles. The summed E-state index contributed by atoms with van der Waals surface area (Å²) in [5, 5.41) is 21.8. The molecule has 258 valence electrons. The Labute approximate surface area is 279 Å². The van der Waals surface area contributed by atoms with E-state index in [2.05, 4.69) is 83.1 Å². The van der Waals surface area contributed by atoms with Gasteiger partial charge in [-0.1, -0.05) is 120 Å².